The van der Waals surface area contributed by atoms with Crippen molar-refractivity contribution < 1.29 is 23.1 Å². The Morgan fingerprint density at radius 1 is 1.03 bits per heavy atom. The van der Waals surface area contributed by atoms with Gasteiger partial charge in [0.15, 0.2) is 0 Å². The summed E-state index contributed by atoms with van der Waals surface area (Å²) in [6, 6.07) is 8.31. The summed E-state index contributed by atoms with van der Waals surface area (Å²) in [5.41, 5.74) is 0.386. The number of nitrogens with zero attached hydrogens (tertiary/aromatic N) is 1. The van der Waals surface area contributed by atoms with E-state index < -0.39 is 21.9 Å². The number of carboxylic acids is 1. The number of carbonyl (C=O) groups excluding carboxylic acids is 1. The molecule has 2 aromatic rings. The molecule has 3 N–H and O–H groups in total. The Balaban J connectivity index is 2.39. The minimum atomic E-state index is -3.75. The van der Waals surface area contributed by atoms with E-state index in [1.54, 1.807) is 7.05 Å². The summed E-state index contributed by atoms with van der Waals surface area (Å²) >= 11 is 5.84. The van der Waals surface area contributed by atoms with E-state index in [1.807, 2.05) is 13.8 Å². The van der Waals surface area contributed by atoms with Crippen molar-refractivity contribution in [2.24, 2.45) is 0 Å². The summed E-state index contributed by atoms with van der Waals surface area (Å²) in [5, 5.41) is 14.9. The number of hydrogen-bond acceptors (Lipinski definition) is 5. The van der Waals surface area contributed by atoms with Gasteiger partial charge in [0.1, 0.15) is 4.90 Å². The van der Waals surface area contributed by atoms with Crippen LogP contribution in [-0.4, -0.2) is 49.8 Å². The van der Waals surface area contributed by atoms with Crippen LogP contribution in [0.3, 0.4) is 0 Å². The van der Waals surface area contributed by atoms with Crippen molar-refractivity contribution in [3.63, 3.8) is 0 Å². The van der Waals surface area contributed by atoms with Gasteiger partial charge >= 0.3 is 5.97 Å². The number of benzene rings is 2. The second-order valence-corrected chi connectivity index (χ2v) is 9.16. The predicted molar refractivity (Wildman–Crippen MR) is 122 cm³/mol. The van der Waals surface area contributed by atoms with Gasteiger partial charge in [-0.1, -0.05) is 25.4 Å². The van der Waals surface area contributed by atoms with Crippen molar-refractivity contribution in [3.8, 4) is 0 Å². The molecule has 0 saturated heterocycles. The zero-order valence-corrected chi connectivity index (χ0v) is 19.2. The van der Waals surface area contributed by atoms with Crippen LogP contribution in [0, 0.1) is 0 Å². The van der Waals surface area contributed by atoms with Gasteiger partial charge in [0.25, 0.3) is 5.91 Å². The van der Waals surface area contributed by atoms with Gasteiger partial charge in [-0.2, -0.15) is 4.31 Å². The lowest BCUT2D eigenvalue weighted by Crippen LogP contribution is -2.33. The second-order valence-electron chi connectivity index (χ2n) is 6.81. The van der Waals surface area contributed by atoms with E-state index in [9.17, 15) is 23.1 Å². The molecule has 0 atom stereocenters. The van der Waals surface area contributed by atoms with E-state index in [0.29, 0.717) is 25.9 Å². The first kappa shape index (κ1) is 24.6. The van der Waals surface area contributed by atoms with Gasteiger partial charge < -0.3 is 15.7 Å². The lowest BCUT2D eigenvalue weighted by molar-refractivity contribution is 0.0698. The van der Waals surface area contributed by atoms with E-state index in [2.05, 4.69) is 10.6 Å². The summed E-state index contributed by atoms with van der Waals surface area (Å²) < 4.78 is 27.7. The van der Waals surface area contributed by atoms with Crippen LogP contribution in [0.15, 0.2) is 41.3 Å². The van der Waals surface area contributed by atoms with Gasteiger partial charge in [-0.15, -0.1) is 0 Å². The molecule has 2 rings (SSSR count). The van der Waals surface area contributed by atoms with Crippen molar-refractivity contribution in [3.05, 3.63) is 52.5 Å². The first-order valence-electron chi connectivity index (χ1n) is 9.81. The smallest absolute Gasteiger partial charge is 0.337 e. The van der Waals surface area contributed by atoms with Crippen LogP contribution in [0.2, 0.25) is 5.02 Å². The highest BCUT2D eigenvalue weighted by Gasteiger charge is 2.26. The molecule has 1 amide bonds. The summed E-state index contributed by atoms with van der Waals surface area (Å²) in [6.07, 6.45) is 1.36. The van der Waals surface area contributed by atoms with Crippen LogP contribution < -0.4 is 10.6 Å². The molecule has 168 valence electrons. The summed E-state index contributed by atoms with van der Waals surface area (Å²) in [7, 11) is -2.17. The van der Waals surface area contributed by atoms with Gasteiger partial charge in [0, 0.05) is 30.7 Å². The Labute approximate surface area is 187 Å². The Kier molecular flexibility index (Phi) is 8.43. The Hall–Kier alpha value is -2.62. The Morgan fingerprint density at radius 3 is 2.23 bits per heavy atom. The van der Waals surface area contributed by atoms with Gasteiger partial charge in [0.05, 0.1) is 16.9 Å². The molecule has 0 aliphatic rings. The Morgan fingerprint density at radius 2 is 1.68 bits per heavy atom. The number of sulfonamides is 1. The van der Waals surface area contributed by atoms with E-state index in [1.165, 1.54) is 40.7 Å². The number of hydrogen-bond donors (Lipinski definition) is 3. The standard InChI is InChI=1S/C21H26ClN3O5S/c1-4-10-25(11-5-2)31(29,30)19-9-6-14(12-18(19)23-3)20(26)24-17-8-7-15(22)13-16(17)21(27)28/h6-9,12-13,23H,4-5,10-11H2,1-3H3,(H,24,26)(H,27,28). The SMILES string of the molecule is CCCN(CCC)S(=O)(=O)c1ccc(C(=O)Nc2ccc(Cl)cc2C(=O)O)cc1NC. The van der Waals surface area contributed by atoms with Crippen LogP contribution in [0.5, 0.6) is 0 Å². The molecule has 0 aliphatic heterocycles. The first-order chi connectivity index (χ1) is 14.6. The fraction of sp³-hybridized carbons (Fsp3) is 0.333. The van der Waals surface area contributed by atoms with E-state index in [-0.39, 0.29) is 32.4 Å². The molecule has 2 aromatic carbocycles. The third-order valence-electron chi connectivity index (χ3n) is 4.54. The van der Waals surface area contributed by atoms with Crippen LogP contribution in [-0.2, 0) is 10.0 Å². The largest absolute Gasteiger partial charge is 0.478 e. The van der Waals surface area contributed by atoms with E-state index >= 15 is 0 Å². The molecular formula is C21H26ClN3O5S. The number of carbonyl (C=O) groups is 2. The molecule has 10 heteroatoms. The lowest BCUT2D eigenvalue weighted by atomic mass is 10.1. The zero-order chi connectivity index (χ0) is 23.2. The lowest BCUT2D eigenvalue weighted by Gasteiger charge is -2.22. The minimum Gasteiger partial charge on any atom is -0.478 e. The van der Waals surface area contributed by atoms with Crippen molar-refractivity contribution in [1.29, 1.82) is 0 Å². The fourth-order valence-corrected chi connectivity index (χ4v) is 5.05. The average Bonchev–Trinajstić information content (AvgIpc) is 2.74. The predicted octanol–water partition coefficient (Wildman–Crippen LogP) is 4.14. The number of anilines is 2. The van der Waals surface area contributed by atoms with Gasteiger partial charge in [-0.3, -0.25) is 4.79 Å². The van der Waals surface area contributed by atoms with Gasteiger partial charge in [0.2, 0.25) is 10.0 Å². The van der Waals surface area contributed by atoms with Crippen LogP contribution in [0.4, 0.5) is 11.4 Å². The minimum absolute atomic E-state index is 0.0752. The maximum Gasteiger partial charge on any atom is 0.337 e. The third-order valence-corrected chi connectivity index (χ3v) is 6.73. The summed E-state index contributed by atoms with van der Waals surface area (Å²) in [4.78, 5) is 24.2. The molecule has 0 bridgehead atoms. The van der Waals surface area contributed by atoms with E-state index in [0.717, 1.165) is 0 Å². The normalized spacial score (nSPS) is 11.4. The van der Waals surface area contributed by atoms with Crippen molar-refractivity contribution in [2.45, 2.75) is 31.6 Å². The molecular weight excluding hydrogens is 442 g/mol. The molecule has 0 aromatic heterocycles. The topological polar surface area (TPSA) is 116 Å². The van der Waals surface area contributed by atoms with Crippen molar-refractivity contribution in [1.82, 2.24) is 4.31 Å². The molecule has 0 radical (unpaired) electrons. The monoisotopic (exact) mass is 467 g/mol. The zero-order valence-electron chi connectivity index (χ0n) is 17.6. The maximum atomic E-state index is 13.1. The van der Waals surface area contributed by atoms with Crippen LogP contribution >= 0.6 is 11.6 Å². The molecule has 31 heavy (non-hydrogen) atoms. The first-order valence-corrected chi connectivity index (χ1v) is 11.6. The summed E-state index contributed by atoms with van der Waals surface area (Å²) in [6.45, 7) is 4.62. The highest BCUT2D eigenvalue weighted by atomic mass is 35.5. The Bertz CT molecular complexity index is 1070. The van der Waals surface area contributed by atoms with Crippen LogP contribution in [0.25, 0.3) is 0 Å². The quantitative estimate of drug-likeness (QED) is 0.483. The highest BCUT2D eigenvalue weighted by molar-refractivity contribution is 7.89. The van der Waals surface area contributed by atoms with Crippen LogP contribution in [0.1, 0.15) is 47.4 Å². The second kappa shape index (κ2) is 10.6. The number of halogens is 1. The van der Waals surface area contributed by atoms with Gasteiger partial charge in [-0.25, -0.2) is 13.2 Å². The number of rotatable bonds is 10. The number of nitrogens with one attached hydrogen (secondary N) is 2. The number of carboxylic acid groups (broad SMARTS) is 1. The summed E-state index contributed by atoms with van der Waals surface area (Å²) in [5.74, 6) is -1.81. The molecule has 0 fully saturated rings. The van der Waals surface area contributed by atoms with Gasteiger partial charge in [-0.05, 0) is 49.2 Å². The number of aromatic carboxylic acids is 1. The van der Waals surface area contributed by atoms with Crippen molar-refractivity contribution in [2.75, 3.05) is 30.8 Å². The molecule has 0 heterocycles. The number of amides is 1. The average molecular weight is 468 g/mol. The maximum absolute atomic E-state index is 13.1. The molecule has 0 aliphatic carbocycles. The van der Waals surface area contributed by atoms with Crippen molar-refractivity contribution >= 4 is 44.9 Å². The molecule has 0 unspecified atom stereocenters. The third kappa shape index (κ3) is 5.75. The molecule has 8 nitrogen and oxygen atoms in total. The molecule has 0 saturated carbocycles. The van der Waals surface area contributed by atoms with E-state index in [4.69, 9.17) is 11.6 Å². The molecule has 0 spiro atoms. The highest BCUT2D eigenvalue weighted by Crippen LogP contribution is 2.27. The fourth-order valence-electron chi connectivity index (χ4n) is 3.08.